The molecule has 0 fully saturated rings. The molecule has 0 saturated heterocycles. The van der Waals surface area contributed by atoms with Gasteiger partial charge < -0.3 is 14.4 Å². The van der Waals surface area contributed by atoms with Crippen LogP contribution in [0.15, 0.2) is 42.6 Å². The molecule has 1 aromatic carbocycles. The fourth-order valence-corrected chi connectivity index (χ4v) is 3.15. The summed E-state index contributed by atoms with van der Waals surface area (Å²) in [5.41, 5.74) is 1.99. The third-order valence-corrected chi connectivity index (χ3v) is 4.65. The van der Waals surface area contributed by atoms with E-state index in [1.54, 1.807) is 6.07 Å². The van der Waals surface area contributed by atoms with Crippen LogP contribution in [0.2, 0.25) is 5.15 Å². The first-order valence-corrected chi connectivity index (χ1v) is 8.60. The molecule has 0 radical (unpaired) electrons. The van der Waals surface area contributed by atoms with Crippen LogP contribution >= 0.6 is 11.6 Å². The molecule has 0 unspecified atom stereocenters. The Balaban J connectivity index is 1.73. The zero-order valence-electron chi connectivity index (χ0n) is 14.6. The standard InChI is InChI=1S/C19H17ClN2O5/c1-26-19(25)15-9-12-5-2-3-6-13(12)10-22(15)16(23)11-27-18(24)14-7-4-8-21-17(14)20/h2-8,15H,9-11H2,1H3/t15-/m0/s1. The lowest BCUT2D eigenvalue weighted by Gasteiger charge is -2.35. The summed E-state index contributed by atoms with van der Waals surface area (Å²) in [6.07, 6.45) is 1.79. The number of hydrogen-bond donors (Lipinski definition) is 0. The average molecular weight is 389 g/mol. The summed E-state index contributed by atoms with van der Waals surface area (Å²) < 4.78 is 9.90. The van der Waals surface area contributed by atoms with Gasteiger partial charge in [-0.15, -0.1) is 0 Å². The number of ether oxygens (including phenoxy) is 2. The zero-order valence-corrected chi connectivity index (χ0v) is 15.3. The number of benzene rings is 1. The SMILES string of the molecule is COC(=O)[C@@H]1Cc2ccccc2CN1C(=O)COC(=O)c1cccnc1Cl. The van der Waals surface area contributed by atoms with E-state index in [1.807, 2.05) is 24.3 Å². The molecule has 0 saturated carbocycles. The van der Waals surface area contributed by atoms with Crippen molar-refractivity contribution >= 4 is 29.4 Å². The molecule has 1 amide bonds. The molecule has 1 aliphatic heterocycles. The summed E-state index contributed by atoms with van der Waals surface area (Å²) in [5, 5.41) is -0.00529. The maximum absolute atomic E-state index is 12.7. The molecule has 2 heterocycles. The van der Waals surface area contributed by atoms with Crippen molar-refractivity contribution in [3.8, 4) is 0 Å². The van der Waals surface area contributed by atoms with E-state index in [0.29, 0.717) is 6.42 Å². The highest BCUT2D eigenvalue weighted by Crippen LogP contribution is 2.24. The van der Waals surface area contributed by atoms with E-state index >= 15 is 0 Å². The minimum atomic E-state index is -0.766. The molecule has 0 N–H and O–H groups in total. The number of methoxy groups -OCH3 is 1. The van der Waals surface area contributed by atoms with E-state index in [9.17, 15) is 14.4 Å². The summed E-state index contributed by atoms with van der Waals surface area (Å²) in [4.78, 5) is 42.1. The van der Waals surface area contributed by atoms with Crippen LogP contribution in [-0.2, 0) is 32.0 Å². The second-order valence-corrected chi connectivity index (χ2v) is 6.31. The summed E-state index contributed by atoms with van der Waals surface area (Å²) in [6.45, 7) is -0.278. The minimum absolute atomic E-state index is 0.00529. The van der Waals surface area contributed by atoms with Crippen molar-refractivity contribution in [1.29, 1.82) is 0 Å². The highest BCUT2D eigenvalue weighted by molar-refractivity contribution is 6.32. The van der Waals surface area contributed by atoms with Gasteiger partial charge in [-0.2, -0.15) is 0 Å². The molecule has 1 aromatic heterocycles. The number of esters is 2. The van der Waals surface area contributed by atoms with Gasteiger partial charge in [0.1, 0.15) is 11.2 Å². The van der Waals surface area contributed by atoms with Crippen molar-refractivity contribution in [2.24, 2.45) is 0 Å². The fourth-order valence-electron chi connectivity index (χ4n) is 2.96. The largest absolute Gasteiger partial charge is 0.467 e. The second kappa shape index (κ2) is 8.18. The van der Waals surface area contributed by atoms with Crippen molar-refractivity contribution in [3.63, 3.8) is 0 Å². The van der Waals surface area contributed by atoms with Gasteiger partial charge in [0.25, 0.3) is 5.91 Å². The number of aromatic nitrogens is 1. The Morgan fingerprint density at radius 3 is 2.63 bits per heavy atom. The maximum atomic E-state index is 12.7. The maximum Gasteiger partial charge on any atom is 0.341 e. The monoisotopic (exact) mass is 388 g/mol. The van der Waals surface area contributed by atoms with Crippen LogP contribution < -0.4 is 0 Å². The van der Waals surface area contributed by atoms with Gasteiger partial charge in [-0.1, -0.05) is 35.9 Å². The van der Waals surface area contributed by atoms with Crippen LogP contribution in [0.1, 0.15) is 21.5 Å². The van der Waals surface area contributed by atoms with Crippen LogP contribution in [0.5, 0.6) is 0 Å². The molecule has 0 aliphatic carbocycles. The van der Waals surface area contributed by atoms with Gasteiger partial charge in [0, 0.05) is 19.2 Å². The Morgan fingerprint density at radius 2 is 1.93 bits per heavy atom. The molecular weight excluding hydrogens is 372 g/mol. The number of pyridine rings is 1. The van der Waals surface area contributed by atoms with Gasteiger partial charge in [-0.3, -0.25) is 4.79 Å². The van der Waals surface area contributed by atoms with Gasteiger partial charge in [0.2, 0.25) is 0 Å². The Kier molecular flexibility index (Phi) is 5.71. The van der Waals surface area contributed by atoms with Crippen molar-refractivity contribution in [3.05, 3.63) is 64.4 Å². The minimum Gasteiger partial charge on any atom is -0.467 e. The van der Waals surface area contributed by atoms with Crippen LogP contribution in [-0.4, -0.2) is 47.5 Å². The summed E-state index contributed by atoms with van der Waals surface area (Å²) in [6, 6.07) is 9.78. The Morgan fingerprint density at radius 1 is 1.19 bits per heavy atom. The topological polar surface area (TPSA) is 85.8 Å². The van der Waals surface area contributed by atoms with E-state index in [4.69, 9.17) is 21.1 Å². The molecule has 1 aliphatic rings. The van der Waals surface area contributed by atoms with Gasteiger partial charge in [-0.25, -0.2) is 14.6 Å². The number of hydrogen-bond acceptors (Lipinski definition) is 6. The van der Waals surface area contributed by atoms with E-state index in [-0.39, 0.29) is 17.3 Å². The number of fused-ring (bicyclic) bond motifs is 1. The number of halogens is 1. The lowest BCUT2D eigenvalue weighted by molar-refractivity contribution is -0.155. The average Bonchev–Trinajstić information content (AvgIpc) is 2.70. The zero-order chi connectivity index (χ0) is 19.4. The number of nitrogens with zero attached hydrogens (tertiary/aromatic N) is 2. The summed E-state index contributed by atoms with van der Waals surface area (Å²) in [7, 11) is 1.27. The molecule has 7 nitrogen and oxygen atoms in total. The summed E-state index contributed by atoms with van der Waals surface area (Å²) in [5.74, 6) is -1.76. The molecular formula is C19H17ClN2O5. The van der Waals surface area contributed by atoms with Gasteiger partial charge in [0.05, 0.1) is 12.7 Å². The molecule has 0 bridgehead atoms. The molecule has 3 rings (SSSR count). The molecule has 2 aromatic rings. The van der Waals surface area contributed by atoms with E-state index in [1.165, 1.54) is 24.3 Å². The predicted molar refractivity (Wildman–Crippen MR) is 96.0 cm³/mol. The first-order valence-electron chi connectivity index (χ1n) is 8.23. The Hall–Kier alpha value is -2.93. The summed E-state index contributed by atoms with van der Waals surface area (Å²) >= 11 is 5.85. The number of amides is 1. The normalized spacial score (nSPS) is 15.6. The van der Waals surface area contributed by atoms with Crippen LogP contribution in [0.25, 0.3) is 0 Å². The highest BCUT2D eigenvalue weighted by atomic mass is 35.5. The first-order chi connectivity index (χ1) is 13.0. The predicted octanol–water partition coefficient (Wildman–Crippen LogP) is 2.02. The molecule has 1 atom stereocenters. The van der Waals surface area contributed by atoms with Crippen LogP contribution in [0, 0.1) is 0 Å². The second-order valence-electron chi connectivity index (χ2n) is 5.95. The van der Waals surface area contributed by atoms with Gasteiger partial charge in [-0.05, 0) is 23.3 Å². The fraction of sp³-hybridized carbons (Fsp3) is 0.263. The Labute approximate surface area is 160 Å². The van der Waals surface area contributed by atoms with Crippen molar-refractivity contribution in [2.45, 2.75) is 19.0 Å². The van der Waals surface area contributed by atoms with Crippen molar-refractivity contribution < 1.29 is 23.9 Å². The highest BCUT2D eigenvalue weighted by Gasteiger charge is 2.35. The number of carbonyl (C=O) groups is 3. The van der Waals surface area contributed by atoms with Gasteiger partial charge in [0.15, 0.2) is 6.61 Å². The third kappa shape index (κ3) is 4.09. The van der Waals surface area contributed by atoms with E-state index < -0.39 is 30.5 Å². The third-order valence-electron chi connectivity index (χ3n) is 4.35. The van der Waals surface area contributed by atoms with Crippen LogP contribution in [0.4, 0.5) is 0 Å². The molecule has 8 heteroatoms. The smallest absolute Gasteiger partial charge is 0.341 e. The first kappa shape index (κ1) is 18.8. The van der Waals surface area contributed by atoms with E-state index in [0.717, 1.165) is 11.1 Å². The Bertz CT molecular complexity index is 886. The van der Waals surface area contributed by atoms with E-state index in [2.05, 4.69) is 4.98 Å². The van der Waals surface area contributed by atoms with Crippen molar-refractivity contribution in [2.75, 3.05) is 13.7 Å². The number of carbonyl (C=O) groups excluding carboxylic acids is 3. The van der Waals surface area contributed by atoms with Crippen molar-refractivity contribution in [1.82, 2.24) is 9.88 Å². The quantitative estimate of drug-likeness (QED) is 0.588. The lowest BCUT2D eigenvalue weighted by Crippen LogP contribution is -2.50. The van der Waals surface area contributed by atoms with Gasteiger partial charge >= 0.3 is 11.9 Å². The molecule has 27 heavy (non-hydrogen) atoms. The molecule has 0 spiro atoms. The number of rotatable bonds is 4. The lowest BCUT2D eigenvalue weighted by atomic mass is 9.94. The molecule has 140 valence electrons. The van der Waals surface area contributed by atoms with Crippen LogP contribution in [0.3, 0.4) is 0 Å².